The van der Waals surface area contributed by atoms with Crippen molar-refractivity contribution in [1.82, 2.24) is 15.1 Å². The van der Waals surface area contributed by atoms with E-state index < -0.39 is 0 Å². The zero-order valence-corrected chi connectivity index (χ0v) is 11.7. The molecule has 0 saturated heterocycles. The first-order chi connectivity index (χ1) is 8.60. The van der Waals surface area contributed by atoms with Gasteiger partial charge in [-0.15, -0.1) is 0 Å². The fourth-order valence-corrected chi connectivity index (χ4v) is 2.35. The van der Waals surface area contributed by atoms with Crippen LogP contribution in [0, 0.1) is 6.92 Å². The van der Waals surface area contributed by atoms with Crippen LogP contribution in [0.15, 0.2) is 30.6 Å². The van der Waals surface area contributed by atoms with Crippen LogP contribution in [0.3, 0.4) is 0 Å². The van der Waals surface area contributed by atoms with Crippen LogP contribution < -0.4 is 5.32 Å². The average molecular weight is 264 g/mol. The predicted molar refractivity (Wildman–Crippen MR) is 74.9 cm³/mol. The third-order valence-corrected chi connectivity index (χ3v) is 3.40. The standard InChI is InChI=1S/C14H18ClN3/c1-10-4-5-12(15)7-13(10)14(16-2)6-11-8-17-18(3)9-11/h4-5,7-9,14,16H,6H2,1-3H3. The van der Waals surface area contributed by atoms with Crippen molar-refractivity contribution < 1.29 is 0 Å². The van der Waals surface area contributed by atoms with Gasteiger partial charge in [-0.2, -0.15) is 5.10 Å². The summed E-state index contributed by atoms with van der Waals surface area (Å²) < 4.78 is 1.83. The highest BCUT2D eigenvalue weighted by Crippen LogP contribution is 2.24. The molecule has 96 valence electrons. The summed E-state index contributed by atoms with van der Waals surface area (Å²) in [6.45, 7) is 2.11. The number of hydrogen-bond donors (Lipinski definition) is 1. The molecule has 4 heteroatoms. The number of hydrogen-bond acceptors (Lipinski definition) is 2. The summed E-state index contributed by atoms with van der Waals surface area (Å²) in [5.74, 6) is 0. The van der Waals surface area contributed by atoms with Crippen LogP contribution in [0.5, 0.6) is 0 Å². The first-order valence-electron chi connectivity index (χ1n) is 6.01. The normalized spacial score (nSPS) is 12.7. The minimum absolute atomic E-state index is 0.257. The average Bonchev–Trinajstić information content (AvgIpc) is 2.75. The Labute approximate surface area is 113 Å². The van der Waals surface area contributed by atoms with Gasteiger partial charge >= 0.3 is 0 Å². The second kappa shape index (κ2) is 5.55. The summed E-state index contributed by atoms with van der Waals surface area (Å²) >= 11 is 6.08. The fourth-order valence-electron chi connectivity index (χ4n) is 2.17. The molecule has 0 aliphatic heterocycles. The van der Waals surface area contributed by atoms with E-state index in [1.165, 1.54) is 16.7 Å². The molecule has 0 saturated carbocycles. The summed E-state index contributed by atoms with van der Waals surface area (Å²) in [5, 5.41) is 8.33. The molecule has 2 rings (SSSR count). The largest absolute Gasteiger partial charge is 0.313 e. The molecule has 0 aliphatic carbocycles. The monoisotopic (exact) mass is 263 g/mol. The third-order valence-electron chi connectivity index (χ3n) is 3.16. The number of nitrogens with zero attached hydrogens (tertiary/aromatic N) is 2. The highest BCUT2D eigenvalue weighted by molar-refractivity contribution is 6.30. The maximum atomic E-state index is 6.08. The smallest absolute Gasteiger partial charge is 0.0522 e. The Balaban J connectivity index is 2.25. The van der Waals surface area contributed by atoms with E-state index in [4.69, 9.17) is 11.6 Å². The maximum Gasteiger partial charge on any atom is 0.0522 e. The van der Waals surface area contributed by atoms with Crippen molar-refractivity contribution in [2.45, 2.75) is 19.4 Å². The summed E-state index contributed by atoms with van der Waals surface area (Å²) in [6.07, 6.45) is 4.86. The molecule has 0 radical (unpaired) electrons. The Morgan fingerprint density at radius 1 is 1.44 bits per heavy atom. The van der Waals surface area contributed by atoms with Gasteiger partial charge in [0.1, 0.15) is 0 Å². The van der Waals surface area contributed by atoms with E-state index in [0.717, 1.165) is 11.4 Å². The van der Waals surface area contributed by atoms with Crippen LogP contribution in [-0.4, -0.2) is 16.8 Å². The molecule has 18 heavy (non-hydrogen) atoms. The summed E-state index contributed by atoms with van der Waals surface area (Å²) in [7, 11) is 3.91. The fraction of sp³-hybridized carbons (Fsp3) is 0.357. The minimum Gasteiger partial charge on any atom is -0.313 e. The first-order valence-corrected chi connectivity index (χ1v) is 6.39. The molecule has 1 aromatic carbocycles. The van der Waals surface area contributed by atoms with Crippen LogP contribution in [0.1, 0.15) is 22.7 Å². The first kappa shape index (κ1) is 13.1. The maximum absolute atomic E-state index is 6.08. The summed E-state index contributed by atoms with van der Waals surface area (Å²) in [6, 6.07) is 6.28. The van der Waals surface area contributed by atoms with Gasteiger partial charge in [-0.25, -0.2) is 0 Å². The van der Waals surface area contributed by atoms with Gasteiger partial charge < -0.3 is 5.32 Å². The van der Waals surface area contributed by atoms with E-state index in [0.29, 0.717) is 0 Å². The van der Waals surface area contributed by atoms with E-state index in [9.17, 15) is 0 Å². The lowest BCUT2D eigenvalue weighted by molar-refractivity contribution is 0.588. The zero-order chi connectivity index (χ0) is 13.1. The highest BCUT2D eigenvalue weighted by atomic mass is 35.5. The van der Waals surface area contributed by atoms with Crippen LogP contribution in [0.4, 0.5) is 0 Å². The van der Waals surface area contributed by atoms with Gasteiger partial charge in [0.15, 0.2) is 0 Å². The van der Waals surface area contributed by atoms with Crippen molar-refractivity contribution in [2.24, 2.45) is 7.05 Å². The molecule has 0 amide bonds. The van der Waals surface area contributed by atoms with Gasteiger partial charge in [0, 0.05) is 24.3 Å². The second-order valence-corrected chi connectivity index (χ2v) is 5.00. The molecule has 0 bridgehead atoms. The Kier molecular flexibility index (Phi) is 4.04. The molecule has 1 N–H and O–H groups in total. The van der Waals surface area contributed by atoms with Crippen molar-refractivity contribution in [2.75, 3.05) is 7.05 Å². The molecule has 0 fully saturated rings. The second-order valence-electron chi connectivity index (χ2n) is 4.57. The number of aryl methyl sites for hydroxylation is 2. The van der Waals surface area contributed by atoms with E-state index in [-0.39, 0.29) is 6.04 Å². The van der Waals surface area contributed by atoms with Crippen LogP contribution in [0.25, 0.3) is 0 Å². The number of likely N-dealkylation sites (N-methyl/N-ethyl adjacent to an activating group) is 1. The molecular formula is C14H18ClN3. The Hall–Kier alpha value is -1.32. The topological polar surface area (TPSA) is 29.9 Å². The Morgan fingerprint density at radius 3 is 2.83 bits per heavy atom. The van der Waals surface area contributed by atoms with E-state index >= 15 is 0 Å². The van der Waals surface area contributed by atoms with Crippen molar-refractivity contribution in [3.63, 3.8) is 0 Å². The molecule has 0 spiro atoms. The van der Waals surface area contributed by atoms with E-state index in [1.807, 2.05) is 43.3 Å². The van der Waals surface area contributed by atoms with Crippen molar-refractivity contribution in [3.8, 4) is 0 Å². The molecule has 3 nitrogen and oxygen atoms in total. The Morgan fingerprint density at radius 2 is 2.22 bits per heavy atom. The van der Waals surface area contributed by atoms with Crippen LogP contribution >= 0.6 is 11.6 Å². The lowest BCUT2D eigenvalue weighted by Crippen LogP contribution is -2.19. The SMILES string of the molecule is CNC(Cc1cnn(C)c1)c1cc(Cl)ccc1C. The molecule has 1 heterocycles. The molecule has 2 aromatic rings. The zero-order valence-electron chi connectivity index (χ0n) is 10.9. The van der Waals surface area contributed by atoms with Crippen molar-refractivity contribution in [1.29, 1.82) is 0 Å². The van der Waals surface area contributed by atoms with Crippen molar-refractivity contribution in [3.05, 3.63) is 52.3 Å². The number of halogens is 1. The van der Waals surface area contributed by atoms with E-state index in [2.05, 4.69) is 23.4 Å². The summed E-state index contributed by atoms with van der Waals surface area (Å²) in [5.41, 5.74) is 3.72. The van der Waals surface area contributed by atoms with Gasteiger partial charge in [0.05, 0.1) is 6.20 Å². The van der Waals surface area contributed by atoms with Gasteiger partial charge in [-0.1, -0.05) is 17.7 Å². The molecule has 1 atom stereocenters. The Bertz CT molecular complexity index is 534. The van der Waals surface area contributed by atoms with Gasteiger partial charge in [-0.3, -0.25) is 4.68 Å². The number of nitrogens with one attached hydrogen (secondary N) is 1. The number of rotatable bonds is 4. The molecule has 0 aliphatic rings. The molecule has 1 unspecified atom stereocenters. The van der Waals surface area contributed by atoms with Gasteiger partial charge in [0.2, 0.25) is 0 Å². The lowest BCUT2D eigenvalue weighted by Gasteiger charge is -2.18. The molecular weight excluding hydrogens is 246 g/mol. The van der Waals surface area contributed by atoms with Gasteiger partial charge in [-0.05, 0) is 49.2 Å². The van der Waals surface area contributed by atoms with Crippen LogP contribution in [0.2, 0.25) is 5.02 Å². The number of aromatic nitrogens is 2. The highest BCUT2D eigenvalue weighted by Gasteiger charge is 2.13. The quantitative estimate of drug-likeness (QED) is 0.919. The third kappa shape index (κ3) is 2.92. The lowest BCUT2D eigenvalue weighted by atomic mass is 9.97. The van der Waals surface area contributed by atoms with Gasteiger partial charge in [0.25, 0.3) is 0 Å². The summed E-state index contributed by atoms with van der Waals surface area (Å²) in [4.78, 5) is 0. The van der Waals surface area contributed by atoms with Crippen molar-refractivity contribution >= 4 is 11.6 Å². The minimum atomic E-state index is 0.257. The predicted octanol–water partition coefficient (Wildman–Crippen LogP) is 2.89. The number of benzene rings is 1. The van der Waals surface area contributed by atoms with E-state index in [1.54, 1.807) is 0 Å². The molecule has 1 aromatic heterocycles. The van der Waals surface area contributed by atoms with Crippen LogP contribution in [-0.2, 0) is 13.5 Å².